The summed E-state index contributed by atoms with van der Waals surface area (Å²) in [5.41, 5.74) is 3.05. The number of carbonyl (C=O) groups excluding carboxylic acids is 1. The molecule has 32 heavy (non-hydrogen) atoms. The average Bonchev–Trinajstić information content (AvgIpc) is 3.03. The number of rotatable bonds is 4. The van der Waals surface area contributed by atoms with Crippen LogP contribution < -0.4 is 10.1 Å². The van der Waals surface area contributed by atoms with Gasteiger partial charge in [-0.25, -0.2) is 9.18 Å². The Balaban J connectivity index is 1.35. The maximum absolute atomic E-state index is 15.2. The first-order valence-electron chi connectivity index (χ1n) is 11.5. The summed E-state index contributed by atoms with van der Waals surface area (Å²) in [6.07, 6.45) is 2.51. The monoisotopic (exact) mass is 438 g/mol. The Kier molecular flexibility index (Phi) is 5.36. The van der Waals surface area contributed by atoms with Crippen LogP contribution in [0.4, 0.5) is 9.18 Å². The number of ether oxygens (including phenoxy) is 2. The molecule has 2 aromatic rings. The van der Waals surface area contributed by atoms with Gasteiger partial charge in [-0.05, 0) is 84.6 Å². The lowest BCUT2D eigenvalue weighted by Crippen LogP contribution is -2.53. The number of halogens is 1. The Morgan fingerprint density at radius 1 is 1.16 bits per heavy atom. The summed E-state index contributed by atoms with van der Waals surface area (Å²) in [6, 6.07) is 10.6. The summed E-state index contributed by atoms with van der Waals surface area (Å²) in [5, 5.41) is 3.07. The number of nitrogens with one attached hydrogen (secondary N) is 1. The first kappa shape index (κ1) is 21.3. The molecule has 1 amide bonds. The van der Waals surface area contributed by atoms with Gasteiger partial charge in [0.05, 0.1) is 13.2 Å². The van der Waals surface area contributed by atoms with E-state index < -0.39 is 6.09 Å². The van der Waals surface area contributed by atoms with Gasteiger partial charge in [0, 0.05) is 12.1 Å². The minimum Gasteiger partial charge on any atom is -0.497 e. The van der Waals surface area contributed by atoms with Gasteiger partial charge in [-0.3, -0.25) is 4.90 Å². The molecule has 2 aromatic carbocycles. The molecular formula is C26H31FN2O3. The van der Waals surface area contributed by atoms with Crippen LogP contribution in [0.15, 0.2) is 36.4 Å². The molecule has 0 saturated carbocycles. The minimum absolute atomic E-state index is 0.0457. The molecule has 4 aliphatic rings. The van der Waals surface area contributed by atoms with E-state index in [1.807, 2.05) is 30.3 Å². The Morgan fingerprint density at radius 2 is 1.88 bits per heavy atom. The fraction of sp³-hybridized carbons (Fsp3) is 0.500. The maximum Gasteiger partial charge on any atom is 0.407 e. The van der Waals surface area contributed by atoms with Crippen LogP contribution in [0.25, 0.3) is 11.1 Å². The normalized spacial score (nSPS) is 27.6. The second kappa shape index (κ2) is 8.07. The number of benzene rings is 2. The smallest absolute Gasteiger partial charge is 0.407 e. The molecule has 3 heterocycles. The molecule has 1 aliphatic carbocycles. The van der Waals surface area contributed by atoms with Crippen molar-refractivity contribution in [2.24, 2.45) is 11.3 Å². The lowest BCUT2D eigenvalue weighted by atomic mass is 9.85. The van der Waals surface area contributed by atoms with Gasteiger partial charge < -0.3 is 14.8 Å². The molecular weight excluding hydrogens is 407 g/mol. The number of hydrogen-bond donors (Lipinski definition) is 1. The molecule has 170 valence electrons. The summed E-state index contributed by atoms with van der Waals surface area (Å²) < 4.78 is 26.2. The lowest BCUT2D eigenvalue weighted by Gasteiger charge is -2.44. The van der Waals surface area contributed by atoms with E-state index in [0.29, 0.717) is 11.5 Å². The first-order chi connectivity index (χ1) is 15.3. The molecule has 6 rings (SSSR count). The molecule has 3 aliphatic heterocycles. The van der Waals surface area contributed by atoms with E-state index in [2.05, 4.69) is 24.1 Å². The van der Waals surface area contributed by atoms with Crippen molar-refractivity contribution in [1.29, 1.82) is 0 Å². The van der Waals surface area contributed by atoms with Crippen LogP contribution in [0.2, 0.25) is 0 Å². The van der Waals surface area contributed by atoms with Crippen LogP contribution in [-0.2, 0) is 11.2 Å². The lowest BCUT2D eigenvalue weighted by molar-refractivity contribution is -0.0349. The topological polar surface area (TPSA) is 50.8 Å². The van der Waals surface area contributed by atoms with E-state index in [1.54, 1.807) is 13.2 Å². The van der Waals surface area contributed by atoms with Gasteiger partial charge in [0.15, 0.2) is 0 Å². The van der Waals surface area contributed by atoms with Crippen LogP contribution in [0.5, 0.6) is 5.75 Å². The molecule has 3 saturated heterocycles. The van der Waals surface area contributed by atoms with Gasteiger partial charge in [0.2, 0.25) is 0 Å². The van der Waals surface area contributed by atoms with Crippen molar-refractivity contribution in [2.75, 3.05) is 26.7 Å². The predicted molar refractivity (Wildman–Crippen MR) is 121 cm³/mol. The molecule has 1 unspecified atom stereocenters. The zero-order chi connectivity index (χ0) is 22.5. The van der Waals surface area contributed by atoms with E-state index in [0.717, 1.165) is 61.3 Å². The summed E-state index contributed by atoms with van der Waals surface area (Å²) in [6.45, 7) is 7.24. The Hall–Kier alpha value is -2.60. The highest BCUT2D eigenvalue weighted by Gasteiger charge is 2.42. The third-order valence-corrected chi connectivity index (χ3v) is 7.49. The van der Waals surface area contributed by atoms with Gasteiger partial charge in [-0.2, -0.15) is 0 Å². The highest BCUT2D eigenvalue weighted by atomic mass is 19.1. The van der Waals surface area contributed by atoms with Crippen LogP contribution in [0.3, 0.4) is 0 Å². The van der Waals surface area contributed by atoms with Crippen molar-refractivity contribution < 1.29 is 18.7 Å². The zero-order valence-electron chi connectivity index (χ0n) is 19.0. The molecule has 5 nitrogen and oxygen atoms in total. The standard InChI is InChI=1S/C26H31FN2O3/c1-26(2)14-18-12-20(16-4-6-19(31-3)7-5-16)22(27)13-21(18)24(26)28-25(30)32-23-15-29-10-8-17(23)9-11-29/h4-7,12-13,17,23-24H,8-11,14-15H2,1-3H3,(H,28,30)/t23-,24?/m1/s1. The third-order valence-electron chi connectivity index (χ3n) is 7.49. The number of methoxy groups -OCH3 is 1. The quantitative estimate of drug-likeness (QED) is 0.734. The van der Waals surface area contributed by atoms with E-state index in [1.165, 1.54) is 0 Å². The Morgan fingerprint density at radius 3 is 2.50 bits per heavy atom. The summed E-state index contributed by atoms with van der Waals surface area (Å²) in [5.74, 6) is 0.908. The maximum atomic E-state index is 15.2. The van der Waals surface area contributed by atoms with Gasteiger partial charge in [0.1, 0.15) is 17.7 Å². The van der Waals surface area contributed by atoms with Crippen LogP contribution in [0.1, 0.15) is 43.9 Å². The molecule has 2 bridgehead atoms. The van der Waals surface area contributed by atoms with Crippen LogP contribution >= 0.6 is 0 Å². The molecule has 1 N–H and O–H groups in total. The van der Waals surface area contributed by atoms with E-state index in [-0.39, 0.29) is 23.4 Å². The third kappa shape index (κ3) is 3.85. The van der Waals surface area contributed by atoms with Crippen LogP contribution in [0, 0.1) is 17.2 Å². The number of alkyl carbamates (subject to hydrolysis) is 1. The molecule has 0 radical (unpaired) electrons. The highest BCUT2D eigenvalue weighted by molar-refractivity contribution is 5.70. The summed E-state index contributed by atoms with van der Waals surface area (Å²) in [4.78, 5) is 15.2. The van der Waals surface area contributed by atoms with Gasteiger partial charge in [-0.1, -0.05) is 26.0 Å². The van der Waals surface area contributed by atoms with Gasteiger partial charge >= 0.3 is 6.09 Å². The van der Waals surface area contributed by atoms with E-state index in [4.69, 9.17) is 9.47 Å². The van der Waals surface area contributed by atoms with Crippen molar-refractivity contribution in [2.45, 2.75) is 45.3 Å². The molecule has 3 fully saturated rings. The Bertz CT molecular complexity index is 1010. The second-order valence-corrected chi connectivity index (χ2v) is 10.1. The van der Waals surface area contributed by atoms with Crippen molar-refractivity contribution >= 4 is 6.09 Å². The first-order valence-corrected chi connectivity index (χ1v) is 11.5. The van der Waals surface area contributed by atoms with Crippen molar-refractivity contribution in [3.8, 4) is 16.9 Å². The zero-order valence-corrected chi connectivity index (χ0v) is 19.0. The van der Waals surface area contributed by atoms with E-state index in [9.17, 15) is 4.79 Å². The largest absolute Gasteiger partial charge is 0.497 e. The molecule has 6 heteroatoms. The van der Waals surface area contributed by atoms with Crippen molar-refractivity contribution in [3.63, 3.8) is 0 Å². The second-order valence-electron chi connectivity index (χ2n) is 10.1. The number of carbonyl (C=O) groups is 1. The van der Waals surface area contributed by atoms with Gasteiger partial charge in [-0.15, -0.1) is 0 Å². The minimum atomic E-state index is -0.394. The fourth-order valence-corrected chi connectivity index (χ4v) is 5.67. The number of nitrogens with zero attached hydrogens (tertiary/aromatic N) is 1. The fourth-order valence-electron chi connectivity index (χ4n) is 5.67. The average molecular weight is 439 g/mol. The Labute approximate surface area is 188 Å². The SMILES string of the molecule is COc1ccc(-c2cc3c(cc2F)C(NC(=O)O[C@@H]2CN4CCC2CC4)C(C)(C)C3)cc1. The summed E-state index contributed by atoms with van der Waals surface area (Å²) in [7, 11) is 1.61. The molecule has 0 spiro atoms. The number of fused-ring (bicyclic) bond motifs is 4. The molecule has 2 atom stereocenters. The summed E-state index contributed by atoms with van der Waals surface area (Å²) >= 11 is 0. The van der Waals surface area contributed by atoms with Crippen molar-refractivity contribution in [1.82, 2.24) is 10.2 Å². The molecule has 0 aromatic heterocycles. The highest BCUT2D eigenvalue weighted by Crippen LogP contribution is 2.47. The van der Waals surface area contributed by atoms with Crippen LogP contribution in [-0.4, -0.2) is 43.8 Å². The predicted octanol–water partition coefficient (Wildman–Crippen LogP) is 4.95. The number of piperidine rings is 3. The van der Waals surface area contributed by atoms with Crippen molar-refractivity contribution in [3.05, 3.63) is 53.3 Å². The van der Waals surface area contributed by atoms with Gasteiger partial charge in [0.25, 0.3) is 0 Å². The van der Waals surface area contributed by atoms with E-state index >= 15 is 4.39 Å². The number of hydrogen-bond acceptors (Lipinski definition) is 4. The number of amides is 1.